The van der Waals surface area contributed by atoms with Crippen LogP contribution in [-0.2, 0) is 13.3 Å². The average molecular weight is 279 g/mol. The van der Waals surface area contributed by atoms with Crippen molar-refractivity contribution < 1.29 is 13.3 Å². The highest BCUT2D eigenvalue weighted by Crippen LogP contribution is 2.24. The zero-order valence-corrected chi connectivity index (χ0v) is 12.5. The third-order valence-corrected chi connectivity index (χ3v) is 5.73. The minimum absolute atomic E-state index is 0.479. The summed E-state index contributed by atoms with van der Waals surface area (Å²) in [6, 6.07) is 0.903. The quantitative estimate of drug-likeness (QED) is 0.310. The Morgan fingerprint density at radius 3 is 2.65 bits per heavy atom. The largest absolute Gasteiger partial charge is 0.500 e. The van der Waals surface area contributed by atoms with E-state index >= 15 is 0 Å². The molecule has 0 aromatic rings. The fourth-order valence-electron chi connectivity index (χ4n) is 1.77. The predicted molar refractivity (Wildman–Crippen MR) is 72.3 cm³/mol. The van der Waals surface area contributed by atoms with E-state index in [1.54, 1.807) is 0 Å². The van der Waals surface area contributed by atoms with Crippen molar-refractivity contribution in [3.8, 4) is 0 Å². The van der Waals surface area contributed by atoms with Crippen LogP contribution in [0.5, 0.6) is 0 Å². The molecule has 1 heterocycles. The van der Waals surface area contributed by atoms with Gasteiger partial charge in [0.05, 0.1) is 0 Å². The Balaban J connectivity index is 2.34. The van der Waals surface area contributed by atoms with Crippen molar-refractivity contribution in [1.82, 2.24) is 0 Å². The Kier molecular flexibility index (Phi) is 7.39. The summed E-state index contributed by atoms with van der Waals surface area (Å²) in [5.74, 6) is 1.06. The highest BCUT2D eigenvalue weighted by Gasteiger charge is 2.43. The van der Waals surface area contributed by atoms with Gasteiger partial charge in [0.25, 0.3) is 0 Å². The van der Waals surface area contributed by atoms with Crippen molar-refractivity contribution in [2.24, 2.45) is 5.92 Å². The first-order valence-corrected chi connectivity index (χ1v) is 8.82. The highest BCUT2D eigenvalue weighted by atomic mass is 35.5. The van der Waals surface area contributed by atoms with Crippen LogP contribution < -0.4 is 0 Å². The number of alkyl halides is 1. The molecular weight excluding hydrogens is 256 g/mol. The number of halogens is 1. The maximum Gasteiger partial charge on any atom is 0.500 e. The van der Waals surface area contributed by atoms with Crippen molar-refractivity contribution in [3.05, 3.63) is 12.2 Å². The van der Waals surface area contributed by atoms with Gasteiger partial charge >= 0.3 is 8.80 Å². The fourth-order valence-corrected chi connectivity index (χ4v) is 4.73. The first-order valence-electron chi connectivity index (χ1n) is 6.35. The second kappa shape index (κ2) is 8.27. The molecule has 0 aliphatic carbocycles. The molecule has 1 aliphatic rings. The summed E-state index contributed by atoms with van der Waals surface area (Å²) >= 11 is 5.57. The summed E-state index contributed by atoms with van der Waals surface area (Å²) < 4.78 is 17.5. The van der Waals surface area contributed by atoms with Crippen LogP contribution in [0.3, 0.4) is 0 Å². The first-order chi connectivity index (χ1) is 8.22. The zero-order chi connectivity index (χ0) is 12.6. The molecule has 0 N–H and O–H groups in total. The molecule has 0 unspecified atom stereocenters. The number of hydrogen-bond acceptors (Lipinski definition) is 3. The normalized spacial score (nSPS) is 29.9. The lowest BCUT2D eigenvalue weighted by Gasteiger charge is -2.35. The molecule has 0 aromatic heterocycles. The molecule has 0 saturated carbocycles. The van der Waals surface area contributed by atoms with Crippen LogP contribution in [0.2, 0.25) is 6.04 Å². The van der Waals surface area contributed by atoms with Crippen molar-refractivity contribution in [3.63, 3.8) is 0 Å². The highest BCUT2D eigenvalue weighted by molar-refractivity contribution is 6.60. The van der Waals surface area contributed by atoms with Crippen LogP contribution in [0.15, 0.2) is 12.2 Å². The van der Waals surface area contributed by atoms with E-state index in [0.717, 1.165) is 32.1 Å². The van der Waals surface area contributed by atoms with Gasteiger partial charge in [0.1, 0.15) is 0 Å². The summed E-state index contributed by atoms with van der Waals surface area (Å²) in [5, 5.41) is 0. The maximum absolute atomic E-state index is 5.87. The lowest BCUT2D eigenvalue weighted by molar-refractivity contribution is -0.00276. The Morgan fingerprint density at radius 2 is 2.06 bits per heavy atom. The van der Waals surface area contributed by atoms with Gasteiger partial charge in [0, 0.05) is 37.7 Å². The van der Waals surface area contributed by atoms with E-state index in [1.165, 1.54) is 0 Å². The summed E-state index contributed by atoms with van der Waals surface area (Å²) in [7, 11) is -2.35. The Labute approximate surface area is 110 Å². The fraction of sp³-hybridized carbons (Fsp3) is 0.833. The van der Waals surface area contributed by atoms with Gasteiger partial charge in [0.2, 0.25) is 0 Å². The lowest BCUT2D eigenvalue weighted by Crippen LogP contribution is -2.51. The van der Waals surface area contributed by atoms with E-state index in [4.69, 9.17) is 24.9 Å². The summed E-state index contributed by atoms with van der Waals surface area (Å²) in [6.45, 7) is 6.33. The minimum atomic E-state index is -2.35. The van der Waals surface area contributed by atoms with Crippen LogP contribution >= 0.6 is 11.6 Å². The van der Waals surface area contributed by atoms with Gasteiger partial charge in [-0.25, -0.2) is 0 Å². The van der Waals surface area contributed by atoms with Crippen molar-refractivity contribution >= 4 is 20.4 Å². The third kappa shape index (κ3) is 5.53. The average Bonchev–Trinajstić information content (AvgIpc) is 2.33. The molecule has 5 heteroatoms. The summed E-state index contributed by atoms with van der Waals surface area (Å²) in [5.41, 5.74) is 0. The lowest BCUT2D eigenvalue weighted by atomic mass is 10.2. The molecule has 0 radical (unpaired) electrons. The van der Waals surface area contributed by atoms with E-state index in [-0.39, 0.29) is 0 Å². The number of hydrogen-bond donors (Lipinski definition) is 0. The molecule has 0 aromatic carbocycles. The van der Waals surface area contributed by atoms with E-state index in [9.17, 15) is 0 Å². The predicted octanol–water partition coefficient (Wildman–Crippen LogP) is 3.22. The van der Waals surface area contributed by atoms with Gasteiger partial charge in [0.15, 0.2) is 0 Å². The molecule has 100 valence electrons. The smallest absolute Gasteiger partial charge is 0.374 e. The maximum atomic E-state index is 5.87. The van der Waals surface area contributed by atoms with Gasteiger partial charge in [-0.1, -0.05) is 19.1 Å². The molecular formula is C12H23ClO3Si. The molecule has 17 heavy (non-hydrogen) atoms. The molecule has 1 fully saturated rings. The second-order valence-corrected chi connectivity index (χ2v) is 7.40. The Bertz CT molecular complexity index is 228. The number of rotatable bonds is 7. The Morgan fingerprint density at radius 1 is 1.35 bits per heavy atom. The van der Waals surface area contributed by atoms with Crippen molar-refractivity contribution in [2.45, 2.75) is 32.7 Å². The summed E-state index contributed by atoms with van der Waals surface area (Å²) in [4.78, 5) is 0. The van der Waals surface area contributed by atoms with Crippen LogP contribution in [0, 0.1) is 5.92 Å². The molecule has 3 nitrogen and oxygen atoms in total. The van der Waals surface area contributed by atoms with Crippen LogP contribution in [0.1, 0.15) is 26.7 Å². The summed E-state index contributed by atoms with van der Waals surface area (Å²) in [6.07, 6.45) is 6.12. The molecule has 1 saturated heterocycles. The molecule has 0 amide bonds. The standard InChI is InChI=1S/C12H23ClO3Si/c1-3-14-17(9-7-5-4-6-8-13)15-10-12(2)11-16-17/h4,6,12H,3,5,7-11H2,1-2H3. The van der Waals surface area contributed by atoms with Gasteiger partial charge in [-0.05, 0) is 19.8 Å². The number of allylic oxidation sites excluding steroid dienone is 2. The second-order valence-electron chi connectivity index (χ2n) is 4.36. The van der Waals surface area contributed by atoms with Gasteiger partial charge in [-0.2, -0.15) is 0 Å². The molecule has 1 rings (SSSR count). The zero-order valence-electron chi connectivity index (χ0n) is 10.8. The molecule has 0 atom stereocenters. The molecule has 1 aliphatic heterocycles. The topological polar surface area (TPSA) is 27.7 Å². The SMILES string of the molecule is CCO[Si]1(CCCC=CCCl)OCC(C)CO1. The minimum Gasteiger partial charge on any atom is -0.374 e. The van der Waals surface area contributed by atoms with E-state index in [2.05, 4.69) is 13.0 Å². The van der Waals surface area contributed by atoms with Gasteiger partial charge in [-0.15, -0.1) is 11.6 Å². The van der Waals surface area contributed by atoms with Crippen LogP contribution in [-0.4, -0.2) is 34.5 Å². The Hall–Kier alpha value is 0.127. The van der Waals surface area contributed by atoms with E-state index in [0.29, 0.717) is 18.4 Å². The van der Waals surface area contributed by atoms with Gasteiger partial charge < -0.3 is 13.3 Å². The monoisotopic (exact) mass is 278 g/mol. The van der Waals surface area contributed by atoms with E-state index in [1.807, 2.05) is 13.0 Å². The first kappa shape index (κ1) is 15.2. The van der Waals surface area contributed by atoms with Crippen molar-refractivity contribution in [2.75, 3.05) is 25.7 Å². The van der Waals surface area contributed by atoms with Crippen LogP contribution in [0.25, 0.3) is 0 Å². The van der Waals surface area contributed by atoms with Crippen LogP contribution in [0.4, 0.5) is 0 Å². The van der Waals surface area contributed by atoms with E-state index < -0.39 is 8.80 Å². The van der Waals surface area contributed by atoms with Gasteiger partial charge in [-0.3, -0.25) is 0 Å². The number of unbranched alkanes of at least 4 members (excludes halogenated alkanes) is 1. The van der Waals surface area contributed by atoms with Crippen molar-refractivity contribution in [1.29, 1.82) is 0 Å². The molecule has 0 bridgehead atoms. The molecule has 0 spiro atoms. The third-order valence-electron chi connectivity index (χ3n) is 2.65.